The lowest BCUT2D eigenvalue weighted by atomic mass is 9.78. The van der Waals surface area contributed by atoms with Gasteiger partial charge in [-0.15, -0.1) is 0 Å². The fraction of sp³-hybridized carbons (Fsp3) is 0. The van der Waals surface area contributed by atoms with E-state index in [-0.39, 0.29) is 5.47 Å². The Labute approximate surface area is 59.1 Å². The van der Waals surface area contributed by atoms with Crippen molar-refractivity contribution in [2.75, 3.05) is 0 Å². The molecule has 0 radical (unpaired) electrons. The van der Waals surface area contributed by atoms with Crippen molar-refractivity contribution in [2.24, 2.45) is 0 Å². The molecule has 2 N–H and O–H groups in total. The molecule has 0 rings (SSSR count). The minimum Gasteiger partial charge on any atom is -0.423 e. The minimum atomic E-state index is -1.82. The van der Waals surface area contributed by atoms with E-state index in [1.54, 1.807) is 0 Å². The first kappa shape index (κ1) is 9.13. The Hall–Kier alpha value is -0.865. The Bertz CT molecular complexity index is 175. The van der Waals surface area contributed by atoms with Crippen LogP contribution < -0.4 is 0 Å². The van der Waals surface area contributed by atoms with Crippen molar-refractivity contribution in [1.29, 1.82) is 0 Å². The van der Waals surface area contributed by atoms with Crippen molar-refractivity contribution in [3.05, 3.63) is 36.6 Å². The molecule has 0 aromatic carbocycles. The molecular formula is C6H8BFO2. The summed E-state index contributed by atoms with van der Waals surface area (Å²) in [7, 11) is -1.82. The first-order valence-electron chi connectivity index (χ1n) is 2.63. The van der Waals surface area contributed by atoms with Gasteiger partial charge in [-0.05, 0) is 0 Å². The average molecular weight is 142 g/mol. The van der Waals surface area contributed by atoms with Gasteiger partial charge in [0.2, 0.25) is 0 Å². The molecule has 0 amide bonds. The van der Waals surface area contributed by atoms with E-state index >= 15 is 0 Å². The molecule has 0 atom stereocenters. The molecule has 0 saturated carbocycles. The maximum atomic E-state index is 12.2. The van der Waals surface area contributed by atoms with Gasteiger partial charge >= 0.3 is 7.12 Å². The Kier molecular flexibility index (Phi) is 3.68. The van der Waals surface area contributed by atoms with Crippen molar-refractivity contribution >= 4 is 7.12 Å². The van der Waals surface area contributed by atoms with Crippen LogP contribution in [0.1, 0.15) is 0 Å². The molecule has 0 aliphatic carbocycles. The predicted molar refractivity (Wildman–Crippen MR) is 38.7 cm³/mol. The lowest BCUT2D eigenvalue weighted by Gasteiger charge is -1.98. The summed E-state index contributed by atoms with van der Waals surface area (Å²) in [5, 5.41) is 16.9. The molecule has 4 heteroatoms. The van der Waals surface area contributed by atoms with Crippen LogP contribution in [0.3, 0.4) is 0 Å². The first-order valence-corrected chi connectivity index (χ1v) is 2.63. The van der Waals surface area contributed by atoms with E-state index < -0.39 is 12.9 Å². The average Bonchev–Trinajstić information content (AvgIpc) is 1.81. The van der Waals surface area contributed by atoms with Gasteiger partial charge in [-0.1, -0.05) is 25.3 Å². The zero-order chi connectivity index (χ0) is 8.15. The van der Waals surface area contributed by atoms with Crippen molar-refractivity contribution in [1.82, 2.24) is 0 Å². The third-order valence-corrected chi connectivity index (χ3v) is 0.889. The third-order valence-electron chi connectivity index (χ3n) is 0.889. The third kappa shape index (κ3) is 2.61. The van der Waals surface area contributed by atoms with E-state index in [1.807, 2.05) is 0 Å². The van der Waals surface area contributed by atoms with Crippen molar-refractivity contribution < 1.29 is 14.4 Å². The van der Waals surface area contributed by atoms with Crippen LogP contribution >= 0.6 is 0 Å². The van der Waals surface area contributed by atoms with Gasteiger partial charge in [-0.25, -0.2) is 4.39 Å². The second-order valence-electron chi connectivity index (χ2n) is 1.64. The topological polar surface area (TPSA) is 40.5 Å². The van der Waals surface area contributed by atoms with E-state index in [2.05, 4.69) is 13.2 Å². The molecule has 0 spiro atoms. The number of halogens is 1. The predicted octanol–water partition coefficient (Wildman–Crippen LogP) is 0.594. The van der Waals surface area contributed by atoms with E-state index in [1.165, 1.54) is 6.08 Å². The van der Waals surface area contributed by atoms with Gasteiger partial charge < -0.3 is 10.0 Å². The highest BCUT2D eigenvalue weighted by Crippen LogP contribution is 2.09. The molecule has 0 heterocycles. The molecule has 0 bridgehead atoms. The Morgan fingerprint density at radius 1 is 1.50 bits per heavy atom. The molecule has 0 aliphatic heterocycles. The van der Waals surface area contributed by atoms with Gasteiger partial charge in [-0.3, -0.25) is 0 Å². The number of rotatable bonds is 3. The van der Waals surface area contributed by atoms with Crippen LogP contribution in [0.2, 0.25) is 0 Å². The Balaban J connectivity index is 4.41. The lowest BCUT2D eigenvalue weighted by molar-refractivity contribution is 0.416. The molecule has 54 valence electrons. The summed E-state index contributed by atoms with van der Waals surface area (Å²) in [5.74, 6) is -0.866. The lowest BCUT2D eigenvalue weighted by Crippen LogP contribution is -2.15. The summed E-state index contributed by atoms with van der Waals surface area (Å²) in [6.45, 7) is 6.15. The molecule has 0 aliphatic rings. The highest BCUT2D eigenvalue weighted by atomic mass is 19.1. The summed E-state index contributed by atoms with van der Waals surface area (Å²) in [4.78, 5) is 0. The number of allylic oxidation sites excluding steroid dienone is 4. The van der Waals surface area contributed by atoms with Crippen LogP contribution in [0.5, 0.6) is 0 Å². The SMILES string of the molecule is C=CC=C(B(O)O)C(=C)F. The van der Waals surface area contributed by atoms with Crippen LogP contribution in [0.4, 0.5) is 4.39 Å². The smallest absolute Gasteiger partial charge is 0.423 e. The van der Waals surface area contributed by atoms with Gasteiger partial charge in [0, 0.05) is 5.47 Å². The monoisotopic (exact) mass is 142 g/mol. The quantitative estimate of drug-likeness (QED) is 0.447. The molecule has 10 heavy (non-hydrogen) atoms. The normalized spacial score (nSPS) is 10.9. The van der Waals surface area contributed by atoms with Crippen LogP contribution in [-0.4, -0.2) is 17.2 Å². The Morgan fingerprint density at radius 3 is 2.10 bits per heavy atom. The van der Waals surface area contributed by atoms with Gasteiger partial charge in [0.25, 0.3) is 0 Å². The fourth-order valence-corrected chi connectivity index (χ4v) is 0.444. The summed E-state index contributed by atoms with van der Waals surface area (Å²) in [6, 6.07) is 0. The highest BCUT2D eigenvalue weighted by Gasteiger charge is 2.16. The Morgan fingerprint density at radius 2 is 2.00 bits per heavy atom. The standard InChI is InChI=1S/C6H8BFO2/c1-3-4-6(5(2)8)7(9)10/h3-4,9-10H,1-2H2. The minimum absolute atomic E-state index is 0.269. The van der Waals surface area contributed by atoms with Crippen molar-refractivity contribution in [2.45, 2.75) is 0 Å². The molecule has 0 aromatic rings. The summed E-state index contributed by atoms with van der Waals surface area (Å²) < 4.78 is 12.2. The molecule has 0 unspecified atom stereocenters. The molecule has 0 saturated heterocycles. The highest BCUT2D eigenvalue weighted by molar-refractivity contribution is 6.52. The van der Waals surface area contributed by atoms with Crippen LogP contribution in [-0.2, 0) is 0 Å². The fourth-order valence-electron chi connectivity index (χ4n) is 0.444. The molecule has 0 aromatic heterocycles. The zero-order valence-corrected chi connectivity index (χ0v) is 5.42. The van der Waals surface area contributed by atoms with Crippen molar-refractivity contribution in [3.63, 3.8) is 0 Å². The van der Waals surface area contributed by atoms with Gasteiger partial charge in [0.15, 0.2) is 0 Å². The van der Waals surface area contributed by atoms with E-state index in [4.69, 9.17) is 10.0 Å². The maximum Gasteiger partial charge on any atom is 0.491 e. The second kappa shape index (κ2) is 4.03. The molecule has 2 nitrogen and oxygen atoms in total. The summed E-state index contributed by atoms with van der Waals surface area (Å²) in [6.07, 6.45) is 2.40. The zero-order valence-electron chi connectivity index (χ0n) is 5.42. The van der Waals surface area contributed by atoms with Crippen LogP contribution in [0.25, 0.3) is 0 Å². The number of hydrogen-bond acceptors (Lipinski definition) is 2. The maximum absolute atomic E-state index is 12.2. The van der Waals surface area contributed by atoms with E-state index in [0.717, 1.165) is 6.08 Å². The van der Waals surface area contributed by atoms with Crippen LogP contribution in [0.15, 0.2) is 36.6 Å². The summed E-state index contributed by atoms with van der Waals surface area (Å²) >= 11 is 0. The first-order chi connectivity index (χ1) is 4.59. The largest absolute Gasteiger partial charge is 0.491 e. The number of hydrogen-bond donors (Lipinski definition) is 2. The molecule has 0 fully saturated rings. The van der Waals surface area contributed by atoms with Gasteiger partial charge in [0.05, 0.1) is 0 Å². The summed E-state index contributed by atoms with van der Waals surface area (Å²) in [5.41, 5.74) is -0.269. The van der Waals surface area contributed by atoms with E-state index in [9.17, 15) is 4.39 Å². The van der Waals surface area contributed by atoms with Gasteiger partial charge in [0.1, 0.15) is 5.83 Å². The second-order valence-corrected chi connectivity index (χ2v) is 1.64. The van der Waals surface area contributed by atoms with Crippen LogP contribution in [0, 0.1) is 0 Å². The molecular weight excluding hydrogens is 134 g/mol. The van der Waals surface area contributed by atoms with Crippen molar-refractivity contribution in [3.8, 4) is 0 Å². The van der Waals surface area contributed by atoms with E-state index in [0.29, 0.717) is 0 Å². The van der Waals surface area contributed by atoms with Gasteiger partial charge in [-0.2, -0.15) is 0 Å².